The Morgan fingerprint density at radius 3 is 1.35 bits per heavy atom. The Morgan fingerprint density at radius 2 is 0.983 bits per heavy atom. The number of carbonyl (C=O) groups excluding carboxylic acids is 5. The van der Waals surface area contributed by atoms with Gasteiger partial charge in [0.1, 0.15) is 9.81 Å². The normalized spacial score (nSPS) is 14.9. The van der Waals surface area contributed by atoms with Crippen LogP contribution in [0.2, 0.25) is 0 Å². The van der Waals surface area contributed by atoms with Crippen LogP contribution in [0.3, 0.4) is 0 Å². The van der Waals surface area contributed by atoms with Crippen molar-refractivity contribution in [2.24, 2.45) is 10.2 Å². The number of nitrogens with one attached hydrogen (secondary N) is 4. The molecule has 6 N–H and O–H groups in total. The summed E-state index contributed by atoms with van der Waals surface area (Å²) in [5, 5.41) is 12.9. The van der Waals surface area contributed by atoms with E-state index in [9.17, 15) is 49.9 Å². The number of allylic oxidation sites excluding steroid dienone is 2. The van der Waals surface area contributed by atoms with Crippen LogP contribution in [-0.4, -0.2) is 80.1 Å². The Hall–Kier alpha value is -7.33. The van der Waals surface area contributed by atoms with Gasteiger partial charge in [0.2, 0.25) is 11.6 Å². The topological polar surface area (TPSA) is 285 Å². The van der Waals surface area contributed by atoms with E-state index in [0.29, 0.717) is 0 Å². The largest absolute Gasteiger partial charge is 0.462 e. The molecule has 0 saturated carbocycles. The summed E-state index contributed by atoms with van der Waals surface area (Å²) in [6.45, 7) is 3.53. The van der Waals surface area contributed by atoms with E-state index in [1.165, 1.54) is 84.9 Å². The molecule has 308 valence electrons. The van der Waals surface area contributed by atoms with Gasteiger partial charge in [-0.2, -0.15) is 27.0 Å². The lowest BCUT2D eigenvalue weighted by Gasteiger charge is -2.18. The van der Waals surface area contributed by atoms with E-state index < -0.39 is 71.0 Å². The summed E-state index contributed by atoms with van der Waals surface area (Å²) < 4.78 is 79.5. The monoisotopic (exact) mass is 856 g/mol. The van der Waals surface area contributed by atoms with Crippen molar-refractivity contribution in [2.75, 3.05) is 34.7 Å². The summed E-state index contributed by atoms with van der Waals surface area (Å²) in [5.41, 5.74) is 4.55. The Morgan fingerprint density at radius 1 is 0.583 bits per heavy atom. The zero-order valence-electron chi connectivity index (χ0n) is 31.2. The van der Waals surface area contributed by atoms with Crippen molar-refractivity contribution in [3.8, 4) is 0 Å². The van der Waals surface area contributed by atoms with Crippen LogP contribution in [0.5, 0.6) is 0 Å². The first-order chi connectivity index (χ1) is 28.5. The predicted octanol–water partition coefficient (Wildman–Crippen LogP) is 5.47. The van der Waals surface area contributed by atoms with Crippen LogP contribution in [0, 0.1) is 0 Å². The predicted molar refractivity (Wildman–Crippen MR) is 220 cm³/mol. The molecule has 0 fully saturated rings. The van der Waals surface area contributed by atoms with Crippen LogP contribution >= 0.6 is 0 Å². The fourth-order valence-corrected chi connectivity index (χ4v) is 7.15. The number of hydrazone groups is 2. The molecule has 6 rings (SSSR count). The van der Waals surface area contributed by atoms with E-state index in [-0.39, 0.29) is 69.3 Å². The van der Waals surface area contributed by atoms with Gasteiger partial charge in [-0.3, -0.25) is 29.5 Å². The van der Waals surface area contributed by atoms with Gasteiger partial charge in [-0.15, -0.1) is 0 Å². The summed E-state index contributed by atoms with van der Waals surface area (Å²) in [6.07, 6.45) is 1.97. The molecule has 0 radical (unpaired) electrons. The highest BCUT2D eigenvalue weighted by atomic mass is 32.2. The van der Waals surface area contributed by atoms with Gasteiger partial charge < -0.3 is 20.1 Å². The van der Waals surface area contributed by atoms with Gasteiger partial charge in [0.25, 0.3) is 20.2 Å². The lowest BCUT2D eigenvalue weighted by Crippen LogP contribution is -2.27. The Labute approximate surface area is 341 Å². The summed E-state index contributed by atoms with van der Waals surface area (Å²) in [6, 6.07) is 18.6. The van der Waals surface area contributed by atoms with Crippen molar-refractivity contribution in [3.63, 3.8) is 0 Å². The van der Waals surface area contributed by atoms with E-state index >= 15 is 0 Å². The van der Waals surface area contributed by atoms with Gasteiger partial charge >= 0.3 is 18.0 Å². The molecule has 19 nitrogen and oxygen atoms in total. The number of fused-ring (bicyclic) bond motifs is 2. The van der Waals surface area contributed by atoms with Crippen LogP contribution in [0.4, 0.5) is 27.5 Å². The minimum absolute atomic E-state index is 0.00233. The highest BCUT2D eigenvalue weighted by Gasteiger charge is 2.34. The average molecular weight is 857 g/mol. The number of benzene rings is 4. The van der Waals surface area contributed by atoms with E-state index in [4.69, 9.17) is 9.47 Å². The van der Waals surface area contributed by atoms with Crippen LogP contribution < -0.4 is 21.5 Å². The molecule has 0 aliphatic heterocycles. The summed E-state index contributed by atoms with van der Waals surface area (Å²) in [7, 11) is -10.0. The lowest BCUT2D eigenvalue weighted by molar-refractivity contribution is 0.0517. The Balaban J connectivity index is 1.20. The number of urea groups is 1. The van der Waals surface area contributed by atoms with E-state index in [1.54, 1.807) is 13.8 Å². The zero-order chi connectivity index (χ0) is 43.4. The number of hydrogen-bond donors (Lipinski definition) is 6. The molecule has 0 aromatic heterocycles. The molecule has 4 aromatic carbocycles. The third kappa shape index (κ3) is 9.51. The summed E-state index contributed by atoms with van der Waals surface area (Å²) in [4.78, 5) is 62.5. The first-order valence-corrected chi connectivity index (χ1v) is 20.4. The van der Waals surface area contributed by atoms with Crippen molar-refractivity contribution >= 4 is 96.1 Å². The maximum absolute atomic E-state index is 13.5. The highest BCUT2D eigenvalue weighted by molar-refractivity contribution is 7.91. The molecule has 4 aromatic rings. The number of ketones is 2. The number of carbonyl (C=O) groups is 5. The van der Waals surface area contributed by atoms with Gasteiger partial charge in [-0.1, -0.05) is 12.1 Å². The van der Waals surface area contributed by atoms with E-state index in [0.717, 1.165) is 12.2 Å². The van der Waals surface area contributed by atoms with Crippen molar-refractivity contribution < 1.29 is 59.4 Å². The van der Waals surface area contributed by atoms with Crippen LogP contribution in [0.1, 0.15) is 66.4 Å². The van der Waals surface area contributed by atoms with Gasteiger partial charge in [-0.25, -0.2) is 14.4 Å². The van der Waals surface area contributed by atoms with Crippen LogP contribution in [0.25, 0.3) is 12.2 Å². The standard InChI is InChI=1S/C39H32N6O13S2/c1-3-57-37(48)21-7-5-9-27(15-21)42-44-33-31(59(51,52)53)19-23-17-25(11-13-29(23)35(33)46)40-39(50)41-26-12-14-30-24(18-26)20-32(60(54,55)56)34(36(30)47)45-43-28-10-6-8-22(16-28)38(49)58-4-2/h5-20,42-43H,3-4H2,1-2H3,(H2,40,41,50)(H,51,52,53)(H,54,55,56)/b44-33-,45-34-. The van der Waals surface area contributed by atoms with Gasteiger partial charge in [-0.05, 0) is 110 Å². The molecule has 0 heterocycles. The van der Waals surface area contributed by atoms with Crippen LogP contribution in [-0.2, 0) is 29.7 Å². The molecule has 2 aliphatic carbocycles. The van der Waals surface area contributed by atoms with E-state index in [1.807, 2.05) is 0 Å². The van der Waals surface area contributed by atoms with Gasteiger partial charge in [0.05, 0.1) is 35.7 Å². The average Bonchev–Trinajstić information content (AvgIpc) is 3.19. The first-order valence-electron chi connectivity index (χ1n) is 17.5. The highest BCUT2D eigenvalue weighted by Crippen LogP contribution is 2.30. The number of nitrogens with zero attached hydrogens (tertiary/aromatic N) is 2. The van der Waals surface area contributed by atoms with E-state index in [2.05, 4.69) is 31.7 Å². The van der Waals surface area contributed by atoms with Gasteiger partial charge in [0, 0.05) is 22.5 Å². The first kappa shape index (κ1) is 42.3. The molecular weight excluding hydrogens is 825 g/mol. The third-order valence-corrected chi connectivity index (χ3v) is 10.2. The SMILES string of the molecule is CCOC(=O)c1cccc(N/N=C2\C(=O)c3ccc(NC(=O)Nc4ccc5c(c4)C=C(S(=O)(=O)O)/C(=N/Nc4cccc(C(=O)OCC)c4)C5=O)cc3C=C2S(=O)(=O)O)c1. The molecule has 2 aliphatic rings. The Bertz CT molecular complexity index is 2660. The van der Waals surface area contributed by atoms with Crippen molar-refractivity contribution in [3.05, 3.63) is 128 Å². The molecule has 0 saturated heterocycles. The summed E-state index contributed by atoms with van der Waals surface area (Å²) in [5.74, 6) is -3.02. The molecule has 60 heavy (non-hydrogen) atoms. The number of ether oxygens (including phenoxy) is 2. The summed E-state index contributed by atoms with van der Waals surface area (Å²) >= 11 is 0. The fourth-order valence-electron chi connectivity index (χ4n) is 5.83. The van der Waals surface area contributed by atoms with Gasteiger partial charge in [0.15, 0.2) is 11.4 Å². The molecule has 0 unspecified atom stereocenters. The number of rotatable bonds is 12. The Kier molecular flexibility index (Phi) is 12.2. The minimum atomic E-state index is -5.02. The number of anilines is 4. The molecule has 0 bridgehead atoms. The molecular formula is C39H32N6O13S2. The smallest absolute Gasteiger partial charge is 0.338 e. The number of hydrogen-bond acceptors (Lipinski definition) is 15. The molecule has 0 atom stereocenters. The maximum atomic E-state index is 13.5. The quantitative estimate of drug-likeness (QED) is 0.0585. The second-order valence-corrected chi connectivity index (χ2v) is 15.3. The lowest BCUT2D eigenvalue weighted by atomic mass is 9.94. The fraction of sp³-hybridized carbons (Fsp3) is 0.103. The molecule has 0 spiro atoms. The zero-order valence-corrected chi connectivity index (χ0v) is 32.9. The number of esters is 2. The molecule has 21 heteroatoms. The maximum Gasteiger partial charge on any atom is 0.338 e. The van der Waals surface area contributed by atoms with Crippen molar-refractivity contribution in [1.29, 1.82) is 0 Å². The van der Waals surface area contributed by atoms with Crippen molar-refractivity contribution in [1.82, 2.24) is 0 Å². The number of amides is 2. The van der Waals surface area contributed by atoms with Crippen molar-refractivity contribution in [2.45, 2.75) is 13.8 Å². The second kappa shape index (κ2) is 17.3. The second-order valence-electron chi connectivity index (χ2n) is 12.6. The molecule has 2 amide bonds. The minimum Gasteiger partial charge on any atom is -0.462 e. The number of Topliss-reactive ketones (excluding diaryl/α,β-unsaturated/α-hetero) is 2. The third-order valence-electron chi connectivity index (χ3n) is 8.48. The van der Waals surface area contributed by atoms with Crippen LogP contribution in [0.15, 0.2) is 105 Å².